The lowest BCUT2D eigenvalue weighted by Gasteiger charge is -2.34. The summed E-state index contributed by atoms with van der Waals surface area (Å²) in [5.41, 5.74) is 0.572. The van der Waals surface area contributed by atoms with Crippen molar-refractivity contribution in [2.75, 3.05) is 31.6 Å². The molecule has 2 amide bonds. The van der Waals surface area contributed by atoms with Gasteiger partial charge in [0.15, 0.2) is 0 Å². The summed E-state index contributed by atoms with van der Waals surface area (Å²) < 4.78 is 18.2. The Hall–Kier alpha value is -2.15. The molecule has 1 aromatic carbocycles. The second kappa shape index (κ2) is 6.53. The van der Waals surface area contributed by atoms with E-state index in [9.17, 15) is 14.0 Å². The number of nitrogens with zero attached hydrogens (tertiary/aromatic N) is 2. The predicted molar refractivity (Wildman–Crippen MR) is 73.8 cm³/mol. The van der Waals surface area contributed by atoms with Gasteiger partial charge in [0.2, 0.25) is 0 Å². The summed E-state index contributed by atoms with van der Waals surface area (Å²) in [7, 11) is 1.59. The smallest absolute Gasteiger partial charge is 0.324 e. The highest BCUT2D eigenvalue weighted by molar-refractivity contribution is 5.91. The molecule has 1 heterocycles. The molecule has 0 radical (unpaired) electrons. The van der Waals surface area contributed by atoms with E-state index in [4.69, 9.17) is 9.84 Å². The van der Waals surface area contributed by atoms with Crippen LogP contribution in [0, 0.1) is 5.82 Å². The number of anilines is 1. The lowest BCUT2D eigenvalue weighted by Crippen LogP contribution is -2.50. The van der Waals surface area contributed by atoms with E-state index in [2.05, 4.69) is 0 Å². The van der Waals surface area contributed by atoms with E-state index in [1.807, 2.05) is 0 Å². The van der Waals surface area contributed by atoms with Crippen molar-refractivity contribution >= 4 is 17.7 Å². The summed E-state index contributed by atoms with van der Waals surface area (Å²) in [5.74, 6) is -1.33. The van der Waals surface area contributed by atoms with Crippen molar-refractivity contribution in [1.29, 1.82) is 0 Å². The summed E-state index contributed by atoms with van der Waals surface area (Å²) in [6.45, 7) is 0.943. The number of benzene rings is 1. The molecule has 1 aliphatic heterocycles. The lowest BCUT2D eigenvalue weighted by atomic mass is 10.2. The van der Waals surface area contributed by atoms with Crippen LogP contribution in [0.1, 0.15) is 6.42 Å². The third kappa shape index (κ3) is 3.91. The average molecular weight is 296 g/mol. The van der Waals surface area contributed by atoms with Crippen LogP contribution in [0.25, 0.3) is 0 Å². The van der Waals surface area contributed by atoms with Crippen molar-refractivity contribution < 1.29 is 23.8 Å². The normalized spacial score (nSPS) is 18.4. The van der Waals surface area contributed by atoms with Crippen LogP contribution in [0.2, 0.25) is 0 Å². The molecule has 1 unspecified atom stereocenters. The first-order valence-corrected chi connectivity index (χ1v) is 6.59. The molecule has 0 aliphatic carbocycles. The number of carboxylic acid groups (broad SMARTS) is 1. The zero-order valence-electron chi connectivity index (χ0n) is 11.7. The first-order valence-electron chi connectivity index (χ1n) is 6.59. The van der Waals surface area contributed by atoms with Crippen LogP contribution in [-0.2, 0) is 9.53 Å². The summed E-state index contributed by atoms with van der Waals surface area (Å²) >= 11 is 0. The summed E-state index contributed by atoms with van der Waals surface area (Å²) in [6, 6.07) is 5.34. The van der Waals surface area contributed by atoms with E-state index < -0.39 is 12.1 Å². The highest BCUT2D eigenvalue weighted by Gasteiger charge is 2.28. The number of aliphatic carboxylic acids is 1. The maximum atomic E-state index is 12.9. The van der Waals surface area contributed by atoms with E-state index in [1.165, 1.54) is 29.2 Å². The Morgan fingerprint density at radius 2 is 2.10 bits per heavy atom. The Labute approximate surface area is 121 Å². The van der Waals surface area contributed by atoms with Gasteiger partial charge in [-0.05, 0) is 24.3 Å². The van der Waals surface area contributed by atoms with Crippen molar-refractivity contribution in [3.63, 3.8) is 0 Å². The Morgan fingerprint density at radius 1 is 1.43 bits per heavy atom. The first kappa shape index (κ1) is 15.2. The Bertz CT molecular complexity index is 520. The van der Waals surface area contributed by atoms with Crippen molar-refractivity contribution in [3.05, 3.63) is 30.1 Å². The summed E-state index contributed by atoms with van der Waals surface area (Å²) in [6.07, 6.45) is -0.633. The van der Waals surface area contributed by atoms with Crippen LogP contribution in [-0.4, -0.2) is 54.9 Å². The highest BCUT2D eigenvalue weighted by atomic mass is 19.1. The number of amides is 2. The summed E-state index contributed by atoms with van der Waals surface area (Å²) in [4.78, 5) is 26.0. The number of hydrogen-bond acceptors (Lipinski definition) is 3. The second-order valence-corrected chi connectivity index (χ2v) is 4.85. The Morgan fingerprint density at radius 3 is 2.71 bits per heavy atom. The predicted octanol–water partition coefficient (Wildman–Crippen LogP) is 1.56. The van der Waals surface area contributed by atoms with Gasteiger partial charge in [-0.1, -0.05) is 0 Å². The largest absolute Gasteiger partial charge is 0.481 e. The van der Waals surface area contributed by atoms with Crippen LogP contribution in [0.5, 0.6) is 0 Å². The molecule has 7 heteroatoms. The number of carbonyl (C=O) groups is 2. The van der Waals surface area contributed by atoms with Crippen LogP contribution in [0.15, 0.2) is 24.3 Å². The average Bonchev–Trinajstić information content (AvgIpc) is 2.46. The molecular formula is C14H17FN2O4. The third-order valence-electron chi connectivity index (χ3n) is 3.31. The van der Waals surface area contributed by atoms with E-state index in [0.29, 0.717) is 18.8 Å². The Balaban J connectivity index is 2.01. The standard InChI is InChI=1S/C14H17FN2O4/c1-16(11-4-2-10(15)3-5-11)14(20)17-6-7-21-12(9-17)8-13(18)19/h2-5,12H,6-9H2,1H3,(H,18,19). The first-order chi connectivity index (χ1) is 9.97. The quantitative estimate of drug-likeness (QED) is 0.919. The fraction of sp³-hybridized carbons (Fsp3) is 0.429. The van der Waals surface area contributed by atoms with E-state index in [-0.39, 0.29) is 24.8 Å². The van der Waals surface area contributed by atoms with Gasteiger partial charge in [-0.25, -0.2) is 9.18 Å². The number of urea groups is 1. The van der Waals surface area contributed by atoms with Crippen LogP contribution in [0.3, 0.4) is 0 Å². The van der Waals surface area contributed by atoms with Gasteiger partial charge in [0.25, 0.3) is 0 Å². The third-order valence-corrected chi connectivity index (χ3v) is 3.31. The highest BCUT2D eigenvalue weighted by Crippen LogP contribution is 2.17. The minimum Gasteiger partial charge on any atom is -0.481 e. The number of rotatable bonds is 3. The van der Waals surface area contributed by atoms with Crippen molar-refractivity contribution in [2.45, 2.75) is 12.5 Å². The number of carbonyl (C=O) groups excluding carboxylic acids is 1. The molecule has 0 bridgehead atoms. The molecule has 1 N–H and O–H groups in total. The molecule has 0 spiro atoms. The molecule has 1 aliphatic rings. The molecule has 0 saturated carbocycles. The maximum Gasteiger partial charge on any atom is 0.324 e. The maximum absolute atomic E-state index is 12.9. The van der Waals surface area contributed by atoms with Crippen LogP contribution >= 0.6 is 0 Å². The zero-order valence-corrected chi connectivity index (χ0v) is 11.7. The van der Waals surface area contributed by atoms with Crippen molar-refractivity contribution in [2.24, 2.45) is 0 Å². The van der Waals surface area contributed by atoms with E-state index in [0.717, 1.165) is 0 Å². The van der Waals surface area contributed by atoms with Gasteiger partial charge in [-0.3, -0.25) is 9.69 Å². The molecule has 6 nitrogen and oxygen atoms in total. The molecule has 0 aromatic heterocycles. The number of carboxylic acids is 1. The van der Waals surface area contributed by atoms with Gasteiger partial charge in [0.1, 0.15) is 5.82 Å². The number of ether oxygens (including phenoxy) is 1. The zero-order chi connectivity index (χ0) is 15.4. The number of morpholine rings is 1. The number of halogens is 1. The van der Waals surface area contributed by atoms with Crippen molar-refractivity contribution in [1.82, 2.24) is 4.90 Å². The molecule has 2 rings (SSSR count). The molecule has 114 valence electrons. The van der Waals surface area contributed by atoms with Crippen LogP contribution < -0.4 is 4.90 Å². The van der Waals surface area contributed by atoms with Gasteiger partial charge in [-0.15, -0.1) is 0 Å². The monoisotopic (exact) mass is 296 g/mol. The SMILES string of the molecule is CN(C(=O)N1CCOC(CC(=O)O)C1)c1ccc(F)cc1. The number of hydrogen-bond donors (Lipinski definition) is 1. The van der Waals surface area contributed by atoms with Gasteiger partial charge in [0, 0.05) is 25.8 Å². The molecule has 1 aromatic rings. The minimum absolute atomic E-state index is 0.135. The fourth-order valence-electron chi connectivity index (χ4n) is 2.20. The molecule has 21 heavy (non-hydrogen) atoms. The fourth-order valence-corrected chi connectivity index (χ4v) is 2.20. The van der Waals surface area contributed by atoms with Crippen LogP contribution in [0.4, 0.5) is 14.9 Å². The van der Waals surface area contributed by atoms with E-state index >= 15 is 0 Å². The second-order valence-electron chi connectivity index (χ2n) is 4.85. The lowest BCUT2D eigenvalue weighted by molar-refractivity contribution is -0.141. The summed E-state index contributed by atoms with van der Waals surface area (Å²) in [5, 5.41) is 8.77. The molecule has 1 fully saturated rings. The molecule has 1 atom stereocenters. The van der Waals surface area contributed by atoms with Gasteiger partial charge in [0.05, 0.1) is 19.1 Å². The van der Waals surface area contributed by atoms with Crippen molar-refractivity contribution in [3.8, 4) is 0 Å². The van der Waals surface area contributed by atoms with E-state index in [1.54, 1.807) is 11.9 Å². The molecule has 1 saturated heterocycles. The topological polar surface area (TPSA) is 70.1 Å². The molecular weight excluding hydrogens is 279 g/mol. The minimum atomic E-state index is -0.957. The van der Waals surface area contributed by atoms with Gasteiger partial charge >= 0.3 is 12.0 Å². The van der Waals surface area contributed by atoms with Gasteiger partial charge < -0.3 is 14.7 Å². The Kier molecular flexibility index (Phi) is 4.74. The van der Waals surface area contributed by atoms with Gasteiger partial charge in [-0.2, -0.15) is 0 Å².